The van der Waals surface area contributed by atoms with Gasteiger partial charge in [0.2, 0.25) is 15.9 Å². The second kappa shape index (κ2) is 10.6. The van der Waals surface area contributed by atoms with E-state index in [0.717, 1.165) is 79.2 Å². The first-order valence-corrected chi connectivity index (χ1v) is 15.6. The number of benzene rings is 1. The number of amidine groups is 1. The maximum atomic E-state index is 13.2. The molecule has 2 saturated heterocycles. The Morgan fingerprint density at radius 1 is 1.00 bits per heavy atom. The Morgan fingerprint density at radius 2 is 1.66 bits per heavy atom. The number of carbonyl (C=O) groups is 2. The summed E-state index contributed by atoms with van der Waals surface area (Å²) in [6.45, 7) is 7.43. The second-order valence-corrected chi connectivity index (χ2v) is 13.5. The molecule has 0 radical (unpaired) electrons. The van der Waals surface area contributed by atoms with Crippen LogP contribution in [0.25, 0.3) is 6.08 Å². The molecule has 1 saturated carbocycles. The number of nitrogens with one attached hydrogen (secondary N) is 1. The summed E-state index contributed by atoms with van der Waals surface area (Å²) in [5.74, 6) is 1.93. The Hall–Kier alpha value is -2.52. The van der Waals surface area contributed by atoms with E-state index in [1.165, 1.54) is 9.71 Å². The third kappa shape index (κ3) is 5.32. The van der Waals surface area contributed by atoms with E-state index < -0.39 is 15.6 Å². The van der Waals surface area contributed by atoms with Crippen LogP contribution in [0.3, 0.4) is 0 Å². The van der Waals surface area contributed by atoms with E-state index >= 15 is 0 Å². The number of amides is 2. The van der Waals surface area contributed by atoms with Gasteiger partial charge in [-0.25, -0.2) is 8.42 Å². The van der Waals surface area contributed by atoms with E-state index in [1.54, 1.807) is 6.08 Å². The van der Waals surface area contributed by atoms with Gasteiger partial charge in [-0.05, 0) is 93.2 Å². The summed E-state index contributed by atoms with van der Waals surface area (Å²) in [5.41, 5.74) is 2.77. The molecule has 8 nitrogen and oxygen atoms in total. The molecule has 1 aromatic rings. The van der Waals surface area contributed by atoms with Crippen LogP contribution in [-0.4, -0.2) is 55.5 Å². The summed E-state index contributed by atoms with van der Waals surface area (Å²) >= 11 is 0. The Balaban J connectivity index is 1.25. The zero-order valence-electron chi connectivity index (χ0n) is 22.8. The second-order valence-electron chi connectivity index (χ2n) is 11.7. The Bertz CT molecular complexity index is 1250. The van der Waals surface area contributed by atoms with Gasteiger partial charge in [0.05, 0.1) is 0 Å². The lowest BCUT2D eigenvalue weighted by Gasteiger charge is -2.34. The van der Waals surface area contributed by atoms with Crippen LogP contribution in [0.15, 0.2) is 22.5 Å². The fourth-order valence-corrected chi connectivity index (χ4v) is 7.58. The number of anilines is 1. The summed E-state index contributed by atoms with van der Waals surface area (Å²) in [6.07, 6.45) is 9.37. The average molecular weight is 541 g/mol. The van der Waals surface area contributed by atoms with E-state index in [9.17, 15) is 18.0 Å². The predicted octanol–water partition coefficient (Wildman–Crippen LogP) is 4.31. The number of aliphatic imine (C=N–C) groups is 1. The number of nitrogens with zero attached hydrogens (tertiary/aromatic N) is 3. The lowest BCUT2D eigenvalue weighted by molar-refractivity contribution is -0.125. The number of rotatable bonds is 5. The van der Waals surface area contributed by atoms with Crippen LogP contribution < -0.4 is 10.2 Å². The monoisotopic (exact) mass is 540 g/mol. The van der Waals surface area contributed by atoms with Gasteiger partial charge in [0.25, 0.3) is 5.91 Å². The molecule has 9 heteroatoms. The van der Waals surface area contributed by atoms with Gasteiger partial charge in [-0.1, -0.05) is 19.8 Å². The molecule has 3 heterocycles. The molecule has 0 bridgehead atoms. The van der Waals surface area contributed by atoms with Crippen LogP contribution in [0.2, 0.25) is 0 Å². The minimum Gasteiger partial charge on any atom is -0.312 e. The zero-order valence-corrected chi connectivity index (χ0v) is 23.6. The smallest absolute Gasteiger partial charge is 0.253 e. The maximum absolute atomic E-state index is 13.2. The molecule has 5 rings (SSSR count). The summed E-state index contributed by atoms with van der Waals surface area (Å²) in [5, 5.41) is 4.32. The van der Waals surface area contributed by atoms with E-state index in [0.29, 0.717) is 25.2 Å². The number of hydrogen-bond donors (Lipinski definition) is 1. The summed E-state index contributed by atoms with van der Waals surface area (Å²) in [7, 11) is -3.65. The highest BCUT2D eigenvalue weighted by Gasteiger charge is 2.48. The minimum absolute atomic E-state index is 0.0720. The van der Waals surface area contributed by atoms with Crippen molar-refractivity contribution in [3.05, 3.63) is 34.2 Å². The number of piperidine rings is 2. The van der Waals surface area contributed by atoms with Gasteiger partial charge in [0, 0.05) is 43.1 Å². The molecule has 1 aromatic carbocycles. The molecular formula is C29H40N4O4S. The van der Waals surface area contributed by atoms with E-state index in [2.05, 4.69) is 12.2 Å². The van der Waals surface area contributed by atoms with Crippen LogP contribution >= 0.6 is 0 Å². The number of aryl methyl sites for hydroxylation is 2. The van der Waals surface area contributed by atoms with Gasteiger partial charge in [-0.3, -0.25) is 14.6 Å². The third-order valence-electron chi connectivity index (χ3n) is 8.93. The minimum atomic E-state index is -3.65. The van der Waals surface area contributed by atoms with Crippen LogP contribution in [0.1, 0.15) is 81.4 Å². The van der Waals surface area contributed by atoms with Crippen molar-refractivity contribution < 1.29 is 18.0 Å². The molecule has 206 valence electrons. The molecule has 1 N–H and O–H groups in total. The fourth-order valence-electron chi connectivity index (χ4n) is 6.41. The van der Waals surface area contributed by atoms with Crippen LogP contribution in [0.5, 0.6) is 0 Å². The molecule has 3 aliphatic heterocycles. The normalized spacial score (nSPS) is 26.7. The van der Waals surface area contributed by atoms with Crippen molar-refractivity contribution in [1.29, 1.82) is 0 Å². The van der Waals surface area contributed by atoms with Gasteiger partial charge in [0.15, 0.2) is 0 Å². The number of hydrogen-bond acceptors (Lipinski definition) is 5. The highest BCUT2D eigenvalue weighted by atomic mass is 32.2. The van der Waals surface area contributed by atoms with Crippen molar-refractivity contribution in [3.8, 4) is 0 Å². The van der Waals surface area contributed by atoms with Crippen LogP contribution in [0, 0.1) is 25.7 Å². The van der Waals surface area contributed by atoms with E-state index in [-0.39, 0.29) is 24.9 Å². The summed E-state index contributed by atoms with van der Waals surface area (Å²) in [6, 6.07) is 3.93. The first-order valence-electron chi connectivity index (χ1n) is 14.1. The quantitative estimate of drug-likeness (QED) is 0.602. The molecule has 0 unspecified atom stereocenters. The van der Waals surface area contributed by atoms with Crippen molar-refractivity contribution in [2.24, 2.45) is 16.8 Å². The molecule has 2 amide bonds. The Labute approximate surface area is 226 Å². The predicted molar refractivity (Wildman–Crippen MR) is 150 cm³/mol. The number of carbonyl (C=O) groups excluding carboxylic acids is 2. The molecule has 1 spiro atoms. The molecule has 1 aliphatic carbocycles. The first kappa shape index (κ1) is 27.1. The van der Waals surface area contributed by atoms with E-state index in [1.807, 2.05) is 30.9 Å². The van der Waals surface area contributed by atoms with Crippen molar-refractivity contribution in [2.45, 2.75) is 84.1 Å². The molecule has 0 atom stereocenters. The lowest BCUT2D eigenvalue weighted by atomic mass is 9.82. The largest absolute Gasteiger partial charge is 0.312 e. The first-order chi connectivity index (χ1) is 18.1. The van der Waals surface area contributed by atoms with Crippen molar-refractivity contribution in [1.82, 2.24) is 9.62 Å². The molecular weight excluding hydrogens is 500 g/mol. The third-order valence-corrected chi connectivity index (χ3v) is 10.5. The maximum Gasteiger partial charge on any atom is 0.253 e. The van der Waals surface area contributed by atoms with Crippen molar-refractivity contribution >= 4 is 39.4 Å². The van der Waals surface area contributed by atoms with Crippen LogP contribution in [0.4, 0.5) is 5.69 Å². The van der Waals surface area contributed by atoms with Gasteiger partial charge in [-0.15, -0.1) is 0 Å². The Kier molecular flexibility index (Phi) is 7.52. The summed E-state index contributed by atoms with van der Waals surface area (Å²) < 4.78 is 27.9. The van der Waals surface area contributed by atoms with Crippen molar-refractivity contribution in [2.75, 3.05) is 24.5 Å². The van der Waals surface area contributed by atoms with Gasteiger partial charge in [-0.2, -0.15) is 4.31 Å². The van der Waals surface area contributed by atoms with Gasteiger partial charge in [0.1, 0.15) is 11.4 Å². The van der Waals surface area contributed by atoms with Crippen molar-refractivity contribution in [3.63, 3.8) is 0 Å². The number of sulfonamides is 1. The summed E-state index contributed by atoms with van der Waals surface area (Å²) in [4.78, 5) is 32.0. The Morgan fingerprint density at radius 3 is 2.29 bits per heavy atom. The fraction of sp³-hybridized carbons (Fsp3) is 0.621. The lowest BCUT2D eigenvalue weighted by Crippen LogP contribution is -2.50. The molecule has 4 aliphatic rings. The highest BCUT2D eigenvalue weighted by molar-refractivity contribution is 7.92. The standard InChI is InChI=1S/C29H40N4O4S/c1-20-7-9-23(10-8-20)27-30-28(35)29(31-27)12-15-32(16-13-29)38(36,37)17-11-25-21(2)18-24(19-22(25)3)33-14-5-4-6-26(33)34/h11,17-20,23H,4-10,12-16H2,1-3H3,(H,30,31,35)/b17-11+. The SMILES string of the molecule is Cc1cc(N2CCCCC2=O)cc(C)c1/C=C/S(=O)(=O)N1CCC2(CC1)N=C(C1CCC(C)CC1)NC2=O. The van der Waals surface area contributed by atoms with Crippen LogP contribution in [-0.2, 0) is 19.6 Å². The molecule has 0 aromatic heterocycles. The van der Waals surface area contributed by atoms with E-state index in [4.69, 9.17) is 4.99 Å². The average Bonchev–Trinajstić information content (AvgIpc) is 3.19. The zero-order chi connectivity index (χ0) is 27.1. The molecule has 38 heavy (non-hydrogen) atoms. The van der Waals surface area contributed by atoms with Gasteiger partial charge < -0.3 is 10.2 Å². The van der Waals surface area contributed by atoms with Gasteiger partial charge >= 0.3 is 0 Å². The molecule has 3 fully saturated rings. The topological polar surface area (TPSA) is 99.2 Å². The highest BCUT2D eigenvalue weighted by Crippen LogP contribution is 2.36.